The van der Waals surface area contributed by atoms with Crippen molar-refractivity contribution < 1.29 is 0 Å². The molecule has 20 heavy (non-hydrogen) atoms. The van der Waals surface area contributed by atoms with Crippen LogP contribution in [0.1, 0.15) is 61.3 Å². The van der Waals surface area contributed by atoms with Gasteiger partial charge in [0.25, 0.3) is 0 Å². The molecule has 0 aliphatic heterocycles. The number of nitrogens with one attached hydrogen (secondary N) is 1. The summed E-state index contributed by atoms with van der Waals surface area (Å²) >= 11 is 2.05. The van der Waals surface area contributed by atoms with E-state index in [4.69, 9.17) is 9.97 Å². The van der Waals surface area contributed by atoms with Gasteiger partial charge in [-0.3, -0.25) is 0 Å². The molecule has 0 amide bonds. The summed E-state index contributed by atoms with van der Waals surface area (Å²) in [5, 5.41) is 4.41. The van der Waals surface area contributed by atoms with Crippen LogP contribution in [0.15, 0.2) is 0 Å². The minimum absolute atomic E-state index is 0.742. The van der Waals surface area contributed by atoms with E-state index in [0.29, 0.717) is 0 Å². The van der Waals surface area contributed by atoms with Gasteiger partial charge in [-0.25, -0.2) is 9.97 Å². The molecular weight excluding hydrogens is 266 g/mol. The quantitative estimate of drug-likeness (QED) is 0.870. The van der Waals surface area contributed by atoms with Crippen LogP contribution in [-0.2, 0) is 12.3 Å². The molecule has 0 saturated heterocycles. The summed E-state index contributed by atoms with van der Waals surface area (Å²) in [5.41, 5.74) is 3.62. The van der Waals surface area contributed by atoms with Crippen molar-refractivity contribution in [2.75, 3.05) is 0 Å². The highest BCUT2D eigenvalue weighted by Crippen LogP contribution is 2.31. The fourth-order valence-corrected chi connectivity index (χ4v) is 4.09. The molecule has 4 heteroatoms. The Kier molecular flexibility index (Phi) is 4.61. The van der Waals surface area contributed by atoms with Gasteiger partial charge < -0.3 is 5.32 Å². The van der Waals surface area contributed by atoms with Gasteiger partial charge in [0.05, 0.1) is 5.75 Å². The van der Waals surface area contributed by atoms with Crippen molar-refractivity contribution >= 4 is 11.8 Å². The molecular formula is C16H25N3S. The summed E-state index contributed by atoms with van der Waals surface area (Å²) in [6.07, 6.45) is 8.23. The zero-order chi connectivity index (χ0) is 13.9. The van der Waals surface area contributed by atoms with Crippen LogP contribution in [0.5, 0.6) is 0 Å². The van der Waals surface area contributed by atoms with Gasteiger partial charge >= 0.3 is 0 Å². The fourth-order valence-electron chi connectivity index (χ4n) is 2.91. The van der Waals surface area contributed by atoms with Crippen molar-refractivity contribution in [3.8, 4) is 0 Å². The summed E-state index contributed by atoms with van der Waals surface area (Å²) in [7, 11) is 0. The number of thioether (sulfide) groups is 1. The molecule has 0 spiro atoms. The topological polar surface area (TPSA) is 37.8 Å². The molecule has 0 unspecified atom stereocenters. The second-order valence-electron chi connectivity index (χ2n) is 6.16. The molecule has 2 aliphatic rings. The monoisotopic (exact) mass is 291 g/mol. The molecule has 1 heterocycles. The van der Waals surface area contributed by atoms with Crippen LogP contribution in [0.2, 0.25) is 0 Å². The Balaban J connectivity index is 1.60. The third kappa shape index (κ3) is 3.73. The smallest absolute Gasteiger partial charge is 0.138 e. The van der Waals surface area contributed by atoms with Crippen molar-refractivity contribution in [3.05, 3.63) is 22.8 Å². The molecule has 3 nitrogen and oxygen atoms in total. The molecule has 1 aromatic rings. The lowest BCUT2D eigenvalue weighted by Crippen LogP contribution is -2.18. The van der Waals surface area contributed by atoms with E-state index < -0.39 is 0 Å². The summed E-state index contributed by atoms with van der Waals surface area (Å²) < 4.78 is 0. The molecule has 110 valence electrons. The first-order chi connectivity index (χ1) is 9.72. The first-order valence-corrected chi connectivity index (χ1v) is 8.95. The standard InChI is InChI=1S/C16H25N3S/c1-11-15(9-17-13-7-8-13)12(2)19-16(18-11)10-20-14-5-3-4-6-14/h13-14,17H,3-10H2,1-2H3. The zero-order valence-electron chi connectivity index (χ0n) is 12.6. The van der Waals surface area contributed by atoms with E-state index >= 15 is 0 Å². The van der Waals surface area contributed by atoms with Gasteiger partial charge in [0.15, 0.2) is 0 Å². The van der Waals surface area contributed by atoms with Crippen molar-refractivity contribution in [3.63, 3.8) is 0 Å². The second-order valence-corrected chi connectivity index (χ2v) is 7.45. The van der Waals surface area contributed by atoms with E-state index in [0.717, 1.165) is 40.8 Å². The third-order valence-electron chi connectivity index (χ3n) is 4.36. The summed E-state index contributed by atoms with van der Waals surface area (Å²) in [5.74, 6) is 2.00. The Hall–Kier alpha value is -0.610. The van der Waals surface area contributed by atoms with Gasteiger partial charge in [-0.15, -0.1) is 0 Å². The van der Waals surface area contributed by atoms with E-state index in [-0.39, 0.29) is 0 Å². The number of aryl methyl sites for hydroxylation is 2. The van der Waals surface area contributed by atoms with Crippen molar-refractivity contribution in [2.24, 2.45) is 0 Å². The van der Waals surface area contributed by atoms with E-state index in [1.54, 1.807) is 0 Å². The summed E-state index contributed by atoms with van der Waals surface area (Å²) in [4.78, 5) is 9.44. The van der Waals surface area contributed by atoms with Crippen LogP contribution in [0, 0.1) is 13.8 Å². The highest BCUT2D eigenvalue weighted by molar-refractivity contribution is 7.99. The Morgan fingerprint density at radius 1 is 1.05 bits per heavy atom. The van der Waals surface area contributed by atoms with Crippen LogP contribution in [-0.4, -0.2) is 21.3 Å². The van der Waals surface area contributed by atoms with Crippen LogP contribution in [0.25, 0.3) is 0 Å². The lowest BCUT2D eigenvalue weighted by atomic mass is 10.1. The SMILES string of the molecule is Cc1nc(CSC2CCCC2)nc(C)c1CNC1CC1. The number of hydrogen-bond donors (Lipinski definition) is 1. The van der Waals surface area contributed by atoms with E-state index in [1.165, 1.54) is 44.1 Å². The van der Waals surface area contributed by atoms with E-state index in [1.807, 2.05) is 11.8 Å². The molecule has 3 rings (SSSR count). The van der Waals surface area contributed by atoms with Gasteiger partial charge in [0.1, 0.15) is 5.82 Å². The largest absolute Gasteiger partial charge is 0.310 e. The second kappa shape index (κ2) is 6.44. The van der Waals surface area contributed by atoms with Crippen molar-refractivity contribution in [2.45, 2.75) is 76.0 Å². The minimum Gasteiger partial charge on any atom is -0.310 e. The maximum atomic E-state index is 4.72. The maximum absolute atomic E-state index is 4.72. The average Bonchev–Trinajstić information content (AvgIpc) is 3.09. The average molecular weight is 291 g/mol. The van der Waals surface area contributed by atoms with E-state index in [9.17, 15) is 0 Å². The minimum atomic E-state index is 0.742. The first-order valence-electron chi connectivity index (χ1n) is 7.90. The number of rotatable bonds is 6. The molecule has 1 N–H and O–H groups in total. The molecule has 2 aliphatic carbocycles. The van der Waals surface area contributed by atoms with Gasteiger partial charge in [-0.1, -0.05) is 12.8 Å². The molecule has 0 aromatic carbocycles. The highest BCUT2D eigenvalue weighted by Gasteiger charge is 2.21. The Morgan fingerprint density at radius 2 is 1.70 bits per heavy atom. The lowest BCUT2D eigenvalue weighted by molar-refractivity contribution is 0.673. The number of hydrogen-bond acceptors (Lipinski definition) is 4. The summed E-state index contributed by atoms with van der Waals surface area (Å²) in [6, 6.07) is 0.742. The molecule has 0 bridgehead atoms. The Morgan fingerprint density at radius 3 is 2.30 bits per heavy atom. The van der Waals surface area contributed by atoms with Crippen molar-refractivity contribution in [1.82, 2.24) is 15.3 Å². The first kappa shape index (κ1) is 14.3. The fraction of sp³-hybridized carbons (Fsp3) is 0.750. The van der Waals surface area contributed by atoms with Gasteiger partial charge in [-0.2, -0.15) is 11.8 Å². The summed E-state index contributed by atoms with van der Waals surface area (Å²) in [6.45, 7) is 5.18. The Bertz CT molecular complexity index is 442. The van der Waals surface area contributed by atoms with Crippen LogP contribution >= 0.6 is 11.8 Å². The Labute approximate surface area is 126 Å². The predicted molar refractivity (Wildman–Crippen MR) is 84.9 cm³/mol. The molecule has 1 aromatic heterocycles. The molecule has 2 saturated carbocycles. The van der Waals surface area contributed by atoms with Gasteiger partial charge in [0, 0.05) is 34.8 Å². The normalized spacial score (nSPS) is 19.7. The number of nitrogens with zero attached hydrogens (tertiary/aromatic N) is 2. The van der Waals surface area contributed by atoms with Crippen molar-refractivity contribution in [1.29, 1.82) is 0 Å². The van der Waals surface area contributed by atoms with Crippen LogP contribution in [0.3, 0.4) is 0 Å². The lowest BCUT2D eigenvalue weighted by Gasteiger charge is -2.13. The third-order valence-corrected chi connectivity index (χ3v) is 5.73. The number of aromatic nitrogens is 2. The molecule has 2 fully saturated rings. The molecule has 0 radical (unpaired) electrons. The van der Waals surface area contributed by atoms with Gasteiger partial charge in [0.2, 0.25) is 0 Å². The van der Waals surface area contributed by atoms with E-state index in [2.05, 4.69) is 19.2 Å². The zero-order valence-corrected chi connectivity index (χ0v) is 13.4. The highest BCUT2D eigenvalue weighted by atomic mass is 32.2. The van der Waals surface area contributed by atoms with Crippen LogP contribution < -0.4 is 5.32 Å². The predicted octanol–water partition coefficient (Wildman–Crippen LogP) is 3.52. The van der Waals surface area contributed by atoms with Crippen LogP contribution in [0.4, 0.5) is 0 Å². The van der Waals surface area contributed by atoms with Gasteiger partial charge in [-0.05, 0) is 39.5 Å². The maximum Gasteiger partial charge on any atom is 0.138 e. The molecule has 0 atom stereocenters.